The van der Waals surface area contributed by atoms with Gasteiger partial charge in [0.05, 0.1) is 0 Å². The first-order chi connectivity index (χ1) is 6.18. The van der Waals surface area contributed by atoms with E-state index < -0.39 is 0 Å². The molecule has 0 spiro atoms. The highest BCUT2D eigenvalue weighted by atomic mass is 16.3. The Labute approximate surface area is 80.3 Å². The van der Waals surface area contributed by atoms with Crippen molar-refractivity contribution in [3.63, 3.8) is 0 Å². The van der Waals surface area contributed by atoms with Gasteiger partial charge in [-0.1, -0.05) is 19.1 Å². The van der Waals surface area contributed by atoms with Crippen LogP contribution >= 0.6 is 0 Å². The van der Waals surface area contributed by atoms with E-state index in [0.717, 1.165) is 13.0 Å². The molecular formula is C11H19NO. The Kier molecular flexibility index (Phi) is 3.15. The summed E-state index contributed by atoms with van der Waals surface area (Å²) in [5, 5.41) is 12.4. The van der Waals surface area contributed by atoms with Crippen LogP contribution in [0.2, 0.25) is 0 Å². The lowest BCUT2D eigenvalue weighted by Crippen LogP contribution is -2.22. The minimum atomic E-state index is 0.116. The van der Waals surface area contributed by atoms with Crippen molar-refractivity contribution < 1.29 is 5.11 Å². The van der Waals surface area contributed by atoms with E-state index in [0.29, 0.717) is 0 Å². The molecule has 1 aliphatic heterocycles. The van der Waals surface area contributed by atoms with Crippen molar-refractivity contribution in [3.05, 3.63) is 23.4 Å². The summed E-state index contributed by atoms with van der Waals surface area (Å²) in [7, 11) is 0. The summed E-state index contributed by atoms with van der Waals surface area (Å²) in [4.78, 5) is 0. The van der Waals surface area contributed by atoms with Crippen molar-refractivity contribution in [3.8, 4) is 0 Å². The van der Waals surface area contributed by atoms with Gasteiger partial charge in [0.25, 0.3) is 0 Å². The molecule has 1 saturated heterocycles. The fourth-order valence-electron chi connectivity index (χ4n) is 2.04. The summed E-state index contributed by atoms with van der Waals surface area (Å²) in [6.45, 7) is 7.49. The maximum Gasteiger partial charge on any atom is 0.0440 e. The molecule has 1 rings (SSSR count). The fourth-order valence-corrected chi connectivity index (χ4v) is 2.04. The van der Waals surface area contributed by atoms with Crippen LogP contribution in [0.5, 0.6) is 0 Å². The van der Waals surface area contributed by atoms with Gasteiger partial charge in [-0.2, -0.15) is 0 Å². The third-order valence-electron chi connectivity index (χ3n) is 2.85. The van der Waals surface area contributed by atoms with Crippen LogP contribution in [0.4, 0.5) is 0 Å². The second-order valence-corrected chi connectivity index (χ2v) is 3.79. The molecule has 0 amide bonds. The Morgan fingerprint density at radius 3 is 2.62 bits per heavy atom. The molecule has 2 heteroatoms. The highest BCUT2D eigenvalue weighted by Gasteiger charge is 2.35. The highest BCUT2D eigenvalue weighted by Crippen LogP contribution is 2.38. The second-order valence-electron chi connectivity index (χ2n) is 3.79. The SMILES string of the molecule is CC=C1/C(=C\C)NCC1(C)CCO. The standard InChI is InChI=1S/C11H19NO/c1-4-9-10(5-2)12-8-11(9,3)6-7-13/h4-5,12-13H,6-8H2,1-3H3/b9-4?,10-5+. The normalized spacial score (nSPS) is 34.2. The van der Waals surface area contributed by atoms with E-state index in [2.05, 4.69) is 31.3 Å². The van der Waals surface area contributed by atoms with Gasteiger partial charge in [-0.25, -0.2) is 0 Å². The molecular weight excluding hydrogens is 162 g/mol. The fraction of sp³-hybridized carbons (Fsp3) is 0.636. The molecule has 74 valence electrons. The number of hydrogen-bond acceptors (Lipinski definition) is 2. The second kappa shape index (κ2) is 3.97. The zero-order valence-corrected chi connectivity index (χ0v) is 8.72. The number of allylic oxidation sites excluding steroid dienone is 3. The van der Waals surface area contributed by atoms with Crippen molar-refractivity contribution in [2.75, 3.05) is 13.2 Å². The average molecular weight is 181 g/mol. The zero-order valence-electron chi connectivity index (χ0n) is 8.72. The summed E-state index contributed by atoms with van der Waals surface area (Å²) in [6.07, 6.45) is 5.07. The van der Waals surface area contributed by atoms with E-state index in [1.165, 1.54) is 11.3 Å². The molecule has 1 fully saturated rings. The predicted octanol–water partition coefficient (Wildman–Crippen LogP) is 1.83. The molecule has 0 aromatic carbocycles. The van der Waals surface area contributed by atoms with Crippen LogP contribution in [0.3, 0.4) is 0 Å². The van der Waals surface area contributed by atoms with E-state index in [1.807, 2.05) is 6.92 Å². The summed E-state index contributed by atoms with van der Waals surface area (Å²) < 4.78 is 0. The first-order valence-electron chi connectivity index (χ1n) is 4.86. The van der Waals surface area contributed by atoms with Gasteiger partial charge in [0.2, 0.25) is 0 Å². The molecule has 0 aromatic heterocycles. The maximum absolute atomic E-state index is 8.99. The molecule has 1 atom stereocenters. The van der Waals surface area contributed by atoms with Crippen LogP contribution in [0.15, 0.2) is 23.4 Å². The van der Waals surface area contributed by atoms with Crippen LogP contribution in [0.25, 0.3) is 0 Å². The smallest absolute Gasteiger partial charge is 0.0440 e. The topological polar surface area (TPSA) is 32.3 Å². The van der Waals surface area contributed by atoms with Gasteiger partial charge < -0.3 is 10.4 Å². The van der Waals surface area contributed by atoms with Crippen molar-refractivity contribution in [2.45, 2.75) is 27.2 Å². The Balaban J connectivity index is 2.91. The third-order valence-corrected chi connectivity index (χ3v) is 2.85. The van der Waals surface area contributed by atoms with Gasteiger partial charge in [0.1, 0.15) is 0 Å². The Morgan fingerprint density at radius 1 is 1.46 bits per heavy atom. The van der Waals surface area contributed by atoms with Crippen LogP contribution < -0.4 is 5.32 Å². The largest absolute Gasteiger partial charge is 0.396 e. The summed E-state index contributed by atoms with van der Waals surface area (Å²) in [5.74, 6) is 0. The Hall–Kier alpha value is -0.760. The van der Waals surface area contributed by atoms with Crippen molar-refractivity contribution in [2.24, 2.45) is 5.41 Å². The lowest BCUT2D eigenvalue weighted by Gasteiger charge is -2.23. The molecule has 0 aliphatic carbocycles. The minimum Gasteiger partial charge on any atom is -0.396 e. The van der Waals surface area contributed by atoms with Crippen molar-refractivity contribution >= 4 is 0 Å². The monoisotopic (exact) mass is 181 g/mol. The Morgan fingerprint density at radius 2 is 2.15 bits per heavy atom. The lowest BCUT2D eigenvalue weighted by molar-refractivity contribution is 0.233. The van der Waals surface area contributed by atoms with E-state index in [-0.39, 0.29) is 12.0 Å². The van der Waals surface area contributed by atoms with Gasteiger partial charge >= 0.3 is 0 Å². The average Bonchev–Trinajstić information content (AvgIpc) is 2.42. The predicted molar refractivity (Wildman–Crippen MR) is 55.3 cm³/mol. The van der Waals surface area contributed by atoms with Gasteiger partial charge in [-0.3, -0.25) is 0 Å². The summed E-state index contributed by atoms with van der Waals surface area (Å²) in [5.41, 5.74) is 2.67. The number of rotatable bonds is 2. The van der Waals surface area contributed by atoms with Crippen LogP contribution in [0, 0.1) is 5.41 Å². The molecule has 0 radical (unpaired) electrons. The molecule has 0 saturated carbocycles. The summed E-state index contributed by atoms with van der Waals surface area (Å²) >= 11 is 0. The highest BCUT2D eigenvalue weighted by molar-refractivity contribution is 5.39. The van der Waals surface area contributed by atoms with Gasteiger partial charge in [-0.15, -0.1) is 0 Å². The van der Waals surface area contributed by atoms with E-state index in [9.17, 15) is 0 Å². The van der Waals surface area contributed by atoms with E-state index in [1.54, 1.807) is 0 Å². The van der Waals surface area contributed by atoms with E-state index >= 15 is 0 Å². The molecule has 1 heterocycles. The third kappa shape index (κ3) is 1.78. The van der Waals surface area contributed by atoms with Crippen molar-refractivity contribution in [1.29, 1.82) is 0 Å². The van der Waals surface area contributed by atoms with Crippen LogP contribution in [0.1, 0.15) is 27.2 Å². The zero-order chi connectivity index (χ0) is 9.90. The molecule has 2 N–H and O–H groups in total. The summed E-state index contributed by atoms with van der Waals surface area (Å²) in [6, 6.07) is 0. The quantitative estimate of drug-likeness (QED) is 0.681. The first-order valence-corrected chi connectivity index (χ1v) is 4.86. The lowest BCUT2D eigenvalue weighted by atomic mass is 9.81. The van der Waals surface area contributed by atoms with Crippen LogP contribution in [-0.4, -0.2) is 18.3 Å². The molecule has 0 aromatic rings. The molecule has 1 aliphatic rings. The molecule has 1 unspecified atom stereocenters. The van der Waals surface area contributed by atoms with Crippen molar-refractivity contribution in [1.82, 2.24) is 5.32 Å². The van der Waals surface area contributed by atoms with Gasteiger partial charge in [0.15, 0.2) is 0 Å². The van der Waals surface area contributed by atoms with E-state index in [4.69, 9.17) is 5.11 Å². The number of aliphatic hydroxyl groups is 1. The van der Waals surface area contributed by atoms with Gasteiger partial charge in [0, 0.05) is 24.3 Å². The Bertz CT molecular complexity index is 242. The minimum absolute atomic E-state index is 0.116. The molecule has 2 nitrogen and oxygen atoms in total. The molecule has 0 bridgehead atoms. The number of aliphatic hydroxyl groups excluding tert-OH is 1. The maximum atomic E-state index is 8.99. The first kappa shape index (κ1) is 10.3. The number of nitrogens with one attached hydrogen (secondary N) is 1. The number of hydrogen-bond donors (Lipinski definition) is 2. The van der Waals surface area contributed by atoms with Crippen LogP contribution in [-0.2, 0) is 0 Å². The van der Waals surface area contributed by atoms with Gasteiger partial charge in [-0.05, 0) is 25.8 Å². The molecule has 13 heavy (non-hydrogen) atoms.